The van der Waals surface area contributed by atoms with Crippen molar-refractivity contribution in [2.75, 3.05) is 11.9 Å². The van der Waals surface area contributed by atoms with Crippen LogP contribution in [0.25, 0.3) is 0 Å². The van der Waals surface area contributed by atoms with Gasteiger partial charge in [0.2, 0.25) is 5.95 Å². The standard InChI is InChI=1S/C11H9F3N4O4/c12-11(13,14)7-6(9(21)22)4-16-10(17-7)18-8(20)5(3-15)1-2-19/h1-2,4H,3,15H2,(H,21,22)(H,16,17,18,20)/b5-1-. The highest BCUT2D eigenvalue weighted by Gasteiger charge is 2.38. The first kappa shape index (κ1) is 17.2. The number of nitrogens with zero attached hydrogens (tertiary/aromatic N) is 2. The number of anilines is 1. The van der Waals surface area contributed by atoms with Crippen LogP contribution in [-0.2, 0) is 15.8 Å². The number of carbonyl (C=O) groups excluding carboxylic acids is 2. The third kappa shape index (κ3) is 4.09. The van der Waals surface area contributed by atoms with Crippen molar-refractivity contribution in [2.24, 2.45) is 5.73 Å². The van der Waals surface area contributed by atoms with Crippen LogP contribution in [0.4, 0.5) is 19.1 Å². The van der Waals surface area contributed by atoms with Gasteiger partial charge in [0.1, 0.15) is 11.8 Å². The highest BCUT2D eigenvalue weighted by Crippen LogP contribution is 2.30. The lowest BCUT2D eigenvalue weighted by molar-refractivity contribution is -0.141. The lowest BCUT2D eigenvalue weighted by atomic mass is 10.2. The molecular formula is C11H9F3N4O4. The number of aromatic nitrogens is 2. The van der Waals surface area contributed by atoms with Crippen molar-refractivity contribution < 1.29 is 32.7 Å². The first-order valence-electron chi connectivity index (χ1n) is 5.54. The van der Waals surface area contributed by atoms with Gasteiger partial charge in [0.05, 0.1) is 0 Å². The van der Waals surface area contributed by atoms with Crippen LogP contribution in [0.1, 0.15) is 16.1 Å². The largest absolute Gasteiger partial charge is 0.478 e. The number of hydrogen-bond donors (Lipinski definition) is 3. The van der Waals surface area contributed by atoms with E-state index in [1.807, 2.05) is 5.32 Å². The van der Waals surface area contributed by atoms with Gasteiger partial charge in [0.15, 0.2) is 5.69 Å². The van der Waals surface area contributed by atoms with E-state index in [-0.39, 0.29) is 18.4 Å². The second-order valence-corrected chi connectivity index (χ2v) is 3.75. The molecule has 11 heteroatoms. The Morgan fingerprint density at radius 1 is 1.41 bits per heavy atom. The normalized spacial score (nSPS) is 11.9. The van der Waals surface area contributed by atoms with Crippen molar-refractivity contribution in [2.45, 2.75) is 6.18 Å². The van der Waals surface area contributed by atoms with Gasteiger partial charge in [0.25, 0.3) is 5.91 Å². The number of hydrogen-bond acceptors (Lipinski definition) is 6. The molecule has 8 nitrogen and oxygen atoms in total. The van der Waals surface area contributed by atoms with E-state index in [2.05, 4.69) is 9.97 Å². The lowest BCUT2D eigenvalue weighted by Crippen LogP contribution is -2.23. The Morgan fingerprint density at radius 2 is 2.05 bits per heavy atom. The van der Waals surface area contributed by atoms with Crippen molar-refractivity contribution in [3.63, 3.8) is 0 Å². The summed E-state index contributed by atoms with van der Waals surface area (Å²) >= 11 is 0. The van der Waals surface area contributed by atoms with E-state index in [9.17, 15) is 27.6 Å². The van der Waals surface area contributed by atoms with Gasteiger partial charge in [-0.25, -0.2) is 14.8 Å². The summed E-state index contributed by atoms with van der Waals surface area (Å²) in [6.45, 7) is -0.343. The van der Waals surface area contributed by atoms with Crippen molar-refractivity contribution in [1.82, 2.24) is 9.97 Å². The molecule has 0 unspecified atom stereocenters. The molecule has 4 N–H and O–H groups in total. The number of halogens is 3. The van der Waals surface area contributed by atoms with Crippen LogP contribution in [0.15, 0.2) is 17.8 Å². The Bertz CT molecular complexity index is 643. The Morgan fingerprint density at radius 3 is 2.50 bits per heavy atom. The number of aromatic carboxylic acids is 1. The molecule has 0 aliphatic heterocycles. The van der Waals surface area contributed by atoms with E-state index < -0.39 is 35.3 Å². The predicted octanol–water partition coefficient (Wildman–Crippen LogP) is 0.216. The van der Waals surface area contributed by atoms with Gasteiger partial charge in [0, 0.05) is 18.3 Å². The zero-order valence-corrected chi connectivity index (χ0v) is 10.7. The van der Waals surface area contributed by atoms with Crippen molar-refractivity contribution in [1.29, 1.82) is 0 Å². The van der Waals surface area contributed by atoms with E-state index >= 15 is 0 Å². The average molecular weight is 318 g/mol. The maximum atomic E-state index is 12.7. The summed E-state index contributed by atoms with van der Waals surface area (Å²) in [7, 11) is 0. The summed E-state index contributed by atoms with van der Waals surface area (Å²) in [6, 6.07) is 0. The number of nitrogens with one attached hydrogen (secondary N) is 1. The number of allylic oxidation sites excluding steroid dienone is 1. The zero-order chi connectivity index (χ0) is 16.9. The molecule has 0 aliphatic rings. The number of rotatable bonds is 5. The second-order valence-electron chi connectivity index (χ2n) is 3.75. The average Bonchev–Trinajstić information content (AvgIpc) is 2.43. The van der Waals surface area contributed by atoms with E-state index in [1.165, 1.54) is 0 Å². The molecule has 118 valence electrons. The van der Waals surface area contributed by atoms with Gasteiger partial charge in [-0.05, 0) is 6.08 Å². The van der Waals surface area contributed by atoms with Crippen LogP contribution < -0.4 is 11.1 Å². The lowest BCUT2D eigenvalue weighted by Gasteiger charge is -2.11. The quantitative estimate of drug-likeness (QED) is 0.522. The Labute approximate surface area is 120 Å². The number of alkyl halides is 3. The van der Waals surface area contributed by atoms with Gasteiger partial charge in [-0.15, -0.1) is 0 Å². The number of amides is 1. The number of carboxylic acids is 1. The number of nitrogens with two attached hydrogens (primary N) is 1. The molecule has 1 amide bonds. The molecule has 0 aliphatic carbocycles. The topological polar surface area (TPSA) is 135 Å². The summed E-state index contributed by atoms with van der Waals surface area (Å²) in [5.74, 6) is -3.62. The molecule has 1 rings (SSSR count). The van der Waals surface area contributed by atoms with Gasteiger partial charge in [-0.1, -0.05) is 0 Å². The molecule has 22 heavy (non-hydrogen) atoms. The molecule has 0 radical (unpaired) electrons. The second kappa shape index (κ2) is 6.76. The first-order chi connectivity index (χ1) is 10.2. The molecule has 0 aromatic carbocycles. The Kier molecular flexibility index (Phi) is 5.29. The fourth-order valence-corrected chi connectivity index (χ4v) is 1.32. The molecule has 0 spiro atoms. The molecule has 0 bridgehead atoms. The van der Waals surface area contributed by atoms with Crippen molar-refractivity contribution >= 4 is 24.1 Å². The SMILES string of the molecule is NC/C(=C/C=O)C(=O)Nc1ncc(C(=O)O)c(C(F)(F)F)n1. The molecule has 0 fully saturated rings. The van der Waals surface area contributed by atoms with E-state index in [0.717, 1.165) is 6.08 Å². The van der Waals surface area contributed by atoms with Crippen molar-refractivity contribution in [3.8, 4) is 0 Å². The fourth-order valence-electron chi connectivity index (χ4n) is 1.32. The fraction of sp³-hybridized carbons (Fsp3) is 0.182. The summed E-state index contributed by atoms with van der Waals surface area (Å²) in [6.07, 6.45) is -3.53. The summed E-state index contributed by atoms with van der Waals surface area (Å²) in [5.41, 5.74) is 2.11. The molecule has 0 saturated heterocycles. The van der Waals surface area contributed by atoms with Crippen LogP contribution in [0.2, 0.25) is 0 Å². The maximum Gasteiger partial charge on any atom is 0.434 e. The highest BCUT2D eigenvalue weighted by atomic mass is 19.4. The van der Waals surface area contributed by atoms with E-state index in [0.29, 0.717) is 6.20 Å². The monoisotopic (exact) mass is 318 g/mol. The number of carbonyl (C=O) groups is 3. The predicted molar refractivity (Wildman–Crippen MR) is 65.8 cm³/mol. The third-order valence-electron chi connectivity index (χ3n) is 2.29. The van der Waals surface area contributed by atoms with E-state index in [1.54, 1.807) is 0 Å². The van der Waals surface area contributed by atoms with Crippen molar-refractivity contribution in [3.05, 3.63) is 29.1 Å². The van der Waals surface area contributed by atoms with Gasteiger partial charge in [-0.3, -0.25) is 14.9 Å². The van der Waals surface area contributed by atoms with Crippen LogP contribution in [0.5, 0.6) is 0 Å². The molecule has 1 aromatic rings. The minimum Gasteiger partial charge on any atom is -0.478 e. The summed E-state index contributed by atoms with van der Waals surface area (Å²) < 4.78 is 38.2. The number of aldehydes is 1. The zero-order valence-electron chi connectivity index (χ0n) is 10.7. The summed E-state index contributed by atoms with van der Waals surface area (Å²) in [4.78, 5) is 38.9. The Hall–Kier alpha value is -2.82. The van der Waals surface area contributed by atoms with Gasteiger partial charge in [-0.2, -0.15) is 13.2 Å². The summed E-state index contributed by atoms with van der Waals surface area (Å²) in [5, 5.41) is 10.6. The molecule has 0 atom stereocenters. The van der Waals surface area contributed by atoms with E-state index in [4.69, 9.17) is 10.8 Å². The minimum absolute atomic E-state index is 0.213. The van der Waals surface area contributed by atoms with Gasteiger partial charge < -0.3 is 10.8 Å². The molecule has 1 heterocycles. The smallest absolute Gasteiger partial charge is 0.434 e. The van der Waals surface area contributed by atoms with Crippen LogP contribution in [0, 0.1) is 0 Å². The highest BCUT2D eigenvalue weighted by molar-refractivity contribution is 6.05. The molecule has 1 aromatic heterocycles. The van der Waals surface area contributed by atoms with Crippen LogP contribution >= 0.6 is 0 Å². The first-order valence-corrected chi connectivity index (χ1v) is 5.54. The number of carboxylic acid groups (broad SMARTS) is 1. The van der Waals surface area contributed by atoms with Gasteiger partial charge >= 0.3 is 12.1 Å². The van der Waals surface area contributed by atoms with Crippen LogP contribution in [0.3, 0.4) is 0 Å². The molecule has 0 saturated carbocycles. The Balaban J connectivity index is 3.18. The molecular weight excluding hydrogens is 309 g/mol. The van der Waals surface area contributed by atoms with Crippen LogP contribution in [-0.4, -0.2) is 39.8 Å². The third-order valence-corrected chi connectivity index (χ3v) is 2.29. The minimum atomic E-state index is -5.05. The maximum absolute atomic E-state index is 12.7.